The predicted octanol–water partition coefficient (Wildman–Crippen LogP) is 1.39. The lowest BCUT2D eigenvalue weighted by atomic mass is 9.86. The molecule has 0 spiro atoms. The number of carbonyl (C=O) groups excluding carboxylic acids is 2. The van der Waals surface area contributed by atoms with Gasteiger partial charge in [0.05, 0.1) is 11.6 Å². The van der Waals surface area contributed by atoms with Crippen molar-refractivity contribution in [1.29, 1.82) is 0 Å². The van der Waals surface area contributed by atoms with E-state index in [0.717, 1.165) is 30.4 Å². The average molecular weight is 413 g/mol. The van der Waals surface area contributed by atoms with E-state index in [-0.39, 0.29) is 30.3 Å². The van der Waals surface area contributed by atoms with E-state index in [9.17, 15) is 14.4 Å². The number of aromatic nitrogens is 3. The standard InChI is InChI=1S/C20H23N5O5/c1-12-24-25(20(28)30-12)11-17(26)23-14-4-2-13(3-5-14)10-22-19(27)18-15-7-9-29-16(15)6-8-21-18/h6-9,13-14H,2-5,10-11H2,1H3,(H,22,27)(H,23,26). The van der Waals surface area contributed by atoms with Crippen molar-refractivity contribution in [2.45, 2.75) is 45.2 Å². The van der Waals surface area contributed by atoms with Crippen LogP contribution in [-0.4, -0.2) is 39.2 Å². The molecule has 1 aliphatic carbocycles. The molecular formula is C20H23N5O5. The second kappa shape index (κ2) is 8.52. The first-order chi connectivity index (χ1) is 14.5. The first-order valence-corrected chi connectivity index (χ1v) is 9.94. The molecule has 30 heavy (non-hydrogen) atoms. The number of rotatable bonds is 6. The number of carbonyl (C=O) groups is 2. The highest BCUT2D eigenvalue weighted by molar-refractivity contribution is 6.03. The maximum Gasteiger partial charge on any atom is 0.437 e. The van der Waals surface area contributed by atoms with Crippen molar-refractivity contribution in [1.82, 2.24) is 25.4 Å². The Morgan fingerprint density at radius 3 is 2.77 bits per heavy atom. The van der Waals surface area contributed by atoms with Gasteiger partial charge in [0.15, 0.2) is 0 Å². The van der Waals surface area contributed by atoms with Crippen LogP contribution in [0.25, 0.3) is 11.0 Å². The molecule has 1 fully saturated rings. The highest BCUT2D eigenvalue weighted by Crippen LogP contribution is 2.24. The van der Waals surface area contributed by atoms with Crippen LogP contribution in [0.3, 0.4) is 0 Å². The van der Waals surface area contributed by atoms with Crippen LogP contribution in [0.4, 0.5) is 0 Å². The Kier molecular flexibility index (Phi) is 5.64. The number of nitrogens with zero attached hydrogens (tertiary/aromatic N) is 3. The molecule has 0 aliphatic heterocycles. The van der Waals surface area contributed by atoms with Gasteiger partial charge in [0.25, 0.3) is 5.91 Å². The summed E-state index contributed by atoms with van der Waals surface area (Å²) in [5, 5.41) is 10.5. The normalized spacial score (nSPS) is 19.0. The summed E-state index contributed by atoms with van der Waals surface area (Å²) >= 11 is 0. The summed E-state index contributed by atoms with van der Waals surface area (Å²) in [6.45, 7) is 1.96. The van der Waals surface area contributed by atoms with Gasteiger partial charge in [-0.05, 0) is 43.7 Å². The SMILES string of the molecule is Cc1nn(CC(=O)NC2CCC(CNC(=O)c3nccc4occc34)CC2)c(=O)o1. The molecule has 3 heterocycles. The topological polar surface area (TPSA) is 132 Å². The van der Waals surface area contributed by atoms with Gasteiger partial charge in [-0.15, -0.1) is 5.10 Å². The quantitative estimate of drug-likeness (QED) is 0.624. The zero-order valence-corrected chi connectivity index (χ0v) is 16.6. The number of pyridine rings is 1. The van der Waals surface area contributed by atoms with Crippen LogP contribution in [0, 0.1) is 12.8 Å². The summed E-state index contributed by atoms with van der Waals surface area (Å²) in [6.07, 6.45) is 6.50. The number of aryl methyl sites for hydroxylation is 1. The van der Waals surface area contributed by atoms with Crippen LogP contribution in [-0.2, 0) is 11.3 Å². The van der Waals surface area contributed by atoms with Gasteiger partial charge in [0.1, 0.15) is 17.8 Å². The van der Waals surface area contributed by atoms with E-state index >= 15 is 0 Å². The summed E-state index contributed by atoms with van der Waals surface area (Å²) < 4.78 is 11.1. The molecule has 1 aliphatic rings. The molecule has 0 saturated heterocycles. The van der Waals surface area contributed by atoms with E-state index in [1.165, 1.54) is 0 Å². The molecule has 158 valence electrons. The molecule has 0 radical (unpaired) electrons. The molecule has 2 amide bonds. The van der Waals surface area contributed by atoms with Crippen molar-refractivity contribution >= 4 is 22.8 Å². The lowest BCUT2D eigenvalue weighted by molar-refractivity contribution is -0.122. The molecule has 10 nitrogen and oxygen atoms in total. The van der Waals surface area contributed by atoms with E-state index in [1.807, 2.05) is 0 Å². The minimum absolute atomic E-state index is 0.0505. The van der Waals surface area contributed by atoms with Crippen molar-refractivity contribution in [3.05, 3.63) is 46.7 Å². The van der Waals surface area contributed by atoms with Crippen molar-refractivity contribution in [3.8, 4) is 0 Å². The first-order valence-electron chi connectivity index (χ1n) is 9.94. The van der Waals surface area contributed by atoms with E-state index in [4.69, 9.17) is 8.83 Å². The maximum absolute atomic E-state index is 12.5. The van der Waals surface area contributed by atoms with Gasteiger partial charge >= 0.3 is 5.76 Å². The van der Waals surface area contributed by atoms with Gasteiger partial charge < -0.3 is 19.5 Å². The summed E-state index contributed by atoms with van der Waals surface area (Å²) in [5.74, 6) is -0.545. The van der Waals surface area contributed by atoms with Crippen LogP contribution in [0.1, 0.15) is 42.1 Å². The molecule has 3 aromatic rings. The minimum atomic E-state index is -0.636. The second-order valence-electron chi connectivity index (χ2n) is 7.53. The molecule has 0 unspecified atom stereocenters. The molecule has 0 atom stereocenters. The fraction of sp³-hybridized carbons (Fsp3) is 0.450. The van der Waals surface area contributed by atoms with Crippen LogP contribution < -0.4 is 16.4 Å². The van der Waals surface area contributed by atoms with Crippen LogP contribution in [0.5, 0.6) is 0 Å². The molecule has 4 rings (SSSR count). The Hall–Kier alpha value is -3.43. The molecule has 0 bridgehead atoms. The number of nitrogens with one attached hydrogen (secondary N) is 2. The molecule has 10 heteroatoms. The summed E-state index contributed by atoms with van der Waals surface area (Å²) in [4.78, 5) is 40.3. The zero-order chi connectivity index (χ0) is 21.1. The Morgan fingerprint density at radius 1 is 1.23 bits per heavy atom. The monoisotopic (exact) mass is 413 g/mol. The highest BCUT2D eigenvalue weighted by atomic mass is 16.4. The summed E-state index contributed by atoms with van der Waals surface area (Å²) in [7, 11) is 0. The van der Waals surface area contributed by atoms with E-state index in [2.05, 4.69) is 20.7 Å². The van der Waals surface area contributed by atoms with E-state index < -0.39 is 5.76 Å². The number of amides is 2. The Balaban J connectivity index is 1.22. The van der Waals surface area contributed by atoms with Crippen LogP contribution in [0.15, 0.2) is 38.2 Å². The summed E-state index contributed by atoms with van der Waals surface area (Å²) in [5.41, 5.74) is 0.995. The van der Waals surface area contributed by atoms with Gasteiger partial charge in [-0.25, -0.2) is 4.79 Å². The van der Waals surface area contributed by atoms with Gasteiger partial charge in [0.2, 0.25) is 11.8 Å². The third kappa shape index (κ3) is 4.42. The average Bonchev–Trinajstić information content (AvgIpc) is 3.32. The van der Waals surface area contributed by atoms with Gasteiger partial charge in [-0.2, -0.15) is 4.68 Å². The minimum Gasteiger partial charge on any atom is -0.464 e. The summed E-state index contributed by atoms with van der Waals surface area (Å²) in [6, 6.07) is 3.51. The van der Waals surface area contributed by atoms with Gasteiger partial charge in [-0.1, -0.05) is 0 Å². The largest absolute Gasteiger partial charge is 0.464 e. The van der Waals surface area contributed by atoms with Crippen molar-refractivity contribution in [2.24, 2.45) is 5.92 Å². The Labute approximate surface area is 171 Å². The zero-order valence-electron chi connectivity index (χ0n) is 16.6. The number of furan rings is 1. The second-order valence-corrected chi connectivity index (χ2v) is 7.53. The fourth-order valence-corrected chi connectivity index (χ4v) is 3.83. The third-order valence-electron chi connectivity index (χ3n) is 5.36. The number of fused-ring (bicyclic) bond motifs is 1. The van der Waals surface area contributed by atoms with Crippen molar-refractivity contribution in [3.63, 3.8) is 0 Å². The molecular weight excluding hydrogens is 390 g/mol. The van der Waals surface area contributed by atoms with Gasteiger partial charge in [-0.3, -0.25) is 14.6 Å². The van der Waals surface area contributed by atoms with E-state index in [1.54, 1.807) is 31.5 Å². The Bertz CT molecular complexity index is 1110. The highest BCUT2D eigenvalue weighted by Gasteiger charge is 2.24. The van der Waals surface area contributed by atoms with E-state index in [0.29, 0.717) is 29.1 Å². The number of hydrogen-bond acceptors (Lipinski definition) is 7. The third-order valence-corrected chi connectivity index (χ3v) is 5.36. The lowest BCUT2D eigenvalue weighted by Crippen LogP contribution is -2.42. The van der Waals surface area contributed by atoms with Gasteiger partial charge in [0, 0.05) is 25.7 Å². The lowest BCUT2D eigenvalue weighted by Gasteiger charge is -2.29. The molecule has 3 aromatic heterocycles. The first kappa shape index (κ1) is 19.9. The maximum atomic E-state index is 12.5. The predicted molar refractivity (Wildman–Crippen MR) is 106 cm³/mol. The molecule has 0 aromatic carbocycles. The number of hydrogen-bond donors (Lipinski definition) is 2. The Morgan fingerprint density at radius 2 is 2.03 bits per heavy atom. The molecule has 1 saturated carbocycles. The van der Waals surface area contributed by atoms with Crippen molar-refractivity contribution in [2.75, 3.05) is 6.54 Å². The van der Waals surface area contributed by atoms with Crippen LogP contribution >= 0.6 is 0 Å². The molecule has 2 N–H and O–H groups in total. The smallest absolute Gasteiger partial charge is 0.437 e. The van der Waals surface area contributed by atoms with Crippen LogP contribution in [0.2, 0.25) is 0 Å². The fourth-order valence-electron chi connectivity index (χ4n) is 3.83. The van der Waals surface area contributed by atoms with Crippen molar-refractivity contribution < 1.29 is 18.4 Å².